The van der Waals surface area contributed by atoms with E-state index in [-0.39, 0.29) is 0 Å². The second-order valence-corrected chi connectivity index (χ2v) is 4.98. The smallest absolute Gasteiger partial charge is 0.0625 e. The van der Waals surface area contributed by atoms with E-state index in [1.54, 1.807) is 0 Å². The van der Waals surface area contributed by atoms with Gasteiger partial charge < -0.3 is 5.32 Å². The topological polar surface area (TPSA) is 18.5 Å². The predicted molar refractivity (Wildman–Crippen MR) is 57.1 cm³/mol. The highest BCUT2D eigenvalue weighted by molar-refractivity contribution is 4.88. The predicted octanol–water partition coefficient (Wildman–Crippen LogP) is 0.333. The van der Waals surface area contributed by atoms with Crippen LogP contribution in [0.25, 0.3) is 0 Å². The molecule has 0 spiro atoms. The van der Waals surface area contributed by atoms with Crippen molar-refractivity contribution in [2.24, 2.45) is 5.92 Å². The average Bonchev–Trinajstić information content (AvgIpc) is 2.32. The zero-order valence-electron chi connectivity index (χ0n) is 8.91. The molecule has 0 aromatic rings. The lowest BCUT2D eigenvalue weighted by molar-refractivity contribution is -0.0477. The maximum Gasteiger partial charge on any atom is 0.0625 e. The van der Waals surface area contributed by atoms with Crippen LogP contribution in [0.2, 0.25) is 0 Å². The van der Waals surface area contributed by atoms with Gasteiger partial charge in [0.1, 0.15) is 0 Å². The molecule has 80 valence electrons. The fraction of sp³-hybridized carbons (Fsp3) is 1.00. The third-order valence-electron chi connectivity index (χ3n) is 4.19. The Morgan fingerprint density at radius 3 is 2.07 bits per heavy atom. The van der Waals surface area contributed by atoms with E-state index in [9.17, 15) is 0 Å². The highest BCUT2D eigenvalue weighted by atomic mass is 15.4. The summed E-state index contributed by atoms with van der Waals surface area (Å²) in [6, 6.07) is 0. The van der Waals surface area contributed by atoms with Gasteiger partial charge in [0.25, 0.3) is 0 Å². The fourth-order valence-electron chi connectivity index (χ4n) is 3.29. The molecule has 14 heavy (non-hydrogen) atoms. The summed E-state index contributed by atoms with van der Waals surface area (Å²) in [5, 5.41) is 3.44. The molecule has 0 aliphatic carbocycles. The minimum absolute atomic E-state index is 0.796. The standard InChI is InChI=1S/C11H21N3/c1-5-13-6-2-10(1)9-11(13)14-7-3-12-4-8-14/h10-12H,1-9H2/t11-/m0/s1. The summed E-state index contributed by atoms with van der Waals surface area (Å²) in [4.78, 5) is 5.41. The van der Waals surface area contributed by atoms with Crippen LogP contribution in [0.5, 0.6) is 0 Å². The maximum atomic E-state index is 3.44. The van der Waals surface area contributed by atoms with Crippen molar-refractivity contribution in [2.45, 2.75) is 25.4 Å². The van der Waals surface area contributed by atoms with Crippen LogP contribution >= 0.6 is 0 Å². The van der Waals surface area contributed by atoms with Crippen LogP contribution in [0.3, 0.4) is 0 Å². The van der Waals surface area contributed by atoms with E-state index in [1.165, 1.54) is 58.5 Å². The average molecular weight is 195 g/mol. The molecule has 4 aliphatic rings. The minimum Gasteiger partial charge on any atom is -0.314 e. The first-order valence-corrected chi connectivity index (χ1v) is 6.12. The largest absolute Gasteiger partial charge is 0.314 e. The van der Waals surface area contributed by atoms with E-state index in [1.807, 2.05) is 0 Å². The van der Waals surface area contributed by atoms with E-state index < -0.39 is 0 Å². The van der Waals surface area contributed by atoms with Gasteiger partial charge in [-0.1, -0.05) is 0 Å². The molecule has 0 aromatic carbocycles. The van der Waals surface area contributed by atoms with Gasteiger partial charge in [0.15, 0.2) is 0 Å². The lowest BCUT2D eigenvalue weighted by Crippen LogP contribution is -2.60. The summed E-state index contributed by atoms with van der Waals surface area (Å²) in [6.45, 7) is 7.62. The summed E-state index contributed by atoms with van der Waals surface area (Å²) in [7, 11) is 0. The third-order valence-corrected chi connectivity index (χ3v) is 4.19. The first-order valence-electron chi connectivity index (χ1n) is 6.12. The Kier molecular flexibility index (Phi) is 2.48. The number of rotatable bonds is 1. The Balaban J connectivity index is 1.66. The SMILES string of the molecule is C1CN([C@H]2CC3CCN2CC3)CCN1. The molecule has 4 saturated heterocycles. The third kappa shape index (κ3) is 1.58. The normalized spacial score (nSPS) is 44.1. The van der Waals surface area contributed by atoms with E-state index in [2.05, 4.69) is 15.1 Å². The van der Waals surface area contributed by atoms with Crippen LogP contribution < -0.4 is 5.32 Å². The second-order valence-electron chi connectivity index (χ2n) is 4.98. The highest BCUT2D eigenvalue weighted by Crippen LogP contribution is 2.33. The van der Waals surface area contributed by atoms with Gasteiger partial charge in [-0.05, 0) is 38.3 Å². The van der Waals surface area contributed by atoms with Crippen molar-refractivity contribution >= 4 is 0 Å². The number of fused-ring (bicyclic) bond motifs is 3. The van der Waals surface area contributed by atoms with Crippen molar-refractivity contribution in [3.63, 3.8) is 0 Å². The van der Waals surface area contributed by atoms with Crippen LogP contribution in [0.1, 0.15) is 19.3 Å². The summed E-state index contributed by atoms with van der Waals surface area (Å²) in [6.07, 6.45) is 5.16. The van der Waals surface area contributed by atoms with Crippen molar-refractivity contribution in [1.82, 2.24) is 15.1 Å². The van der Waals surface area contributed by atoms with E-state index in [0.29, 0.717) is 0 Å². The quantitative estimate of drug-likeness (QED) is 0.650. The Morgan fingerprint density at radius 1 is 0.857 bits per heavy atom. The van der Waals surface area contributed by atoms with E-state index in [0.717, 1.165) is 12.1 Å². The monoisotopic (exact) mass is 195 g/mol. The molecule has 4 rings (SSSR count). The number of nitrogens with zero attached hydrogens (tertiary/aromatic N) is 2. The van der Waals surface area contributed by atoms with E-state index in [4.69, 9.17) is 0 Å². The van der Waals surface area contributed by atoms with Gasteiger partial charge in [-0.25, -0.2) is 0 Å². The molecule has 0 radical (unpaired) electrons. The lowest BCUT2D eigenvalue weighted by atomic mass is 9.85. The number of piperazine rings is 1. The first-order chi connectivity index (χ1) is 6.93. The summed E-state index contributed by atoms with van der Waals surface area (Å²) in [5.41, 5.74) is 0. The van der Waals surface area contributed by atoms with Gasteiger partial charge in [-0.3, -0.25) is 9.80 Å². The minimum atomic E-state index is 0.796. The molecule has 0 aromatic heterocycles. The summed E-state index contributed by atoms with van der Waals surface area (Å²) >= 11 is 0. The van der Waals surface area contributed by atoms with Gasteiger partial charge in [0.05, 0.1) is 6.17 Å². The second kappa shape index (κ2) is 3.80. The fourth-order valence-corrected chi connectivity index (χ4v) is 3.29. The number of piperidine rings is 3. The zero-order valence-corrected chi connectivity index (χ0v) is 8.91. The molecule has 1 N–H and O–H groups in total. The van der Waals surface area contributed by atoms with Gasteiger partial charge in [-0.15, -0.1) is 0 Å². The van der Waals surface area contributed by atoms with Gasteiger partial charge >= 0.3 is 0 Å². The highest BCUT2D eigenvalue weighted by Gasteiger charge is 2.36. The number of hydrogen-bond acceptors (Lipinski definition) is 3. The van der Waals surface area contributed by atoms with Crippen LogP contribution in [0.15, 0.2) is 0 Å². The van der Waals surface area contributed by atoms with Crippen LogP contribution in [-0.2, 0) is 0 Å². The first kappa shape index (κ1) is 9.13. The molecular formula is C11H21N3. The lowest BCUT2D eigenvalue weighted by Gasteiger charge is -2.50. The number of nitrogens with one attached hydrogen (secondary N) is 1. The number of hydrogen-bond donors (Lipinski definition) is 1. The van der Waals surface area contributed by atoms with Crippen molar-refractivity contribution in [3.8, 4) is 0 Å². The van der Waals surface area contributed by atoms with Crippen molar-refractivity contribution < 1.29 is 0 Å². The van der Waals surface area contributed by atoms with Crippen molar-refractivity contribution in [2.75, 3.05) is 39.3 Å². The van der Waals surface area contributed by atoms with Crippen LogP contribution in [0, 0.1) is 5.92 Å². The Labute approximate surface area is 86.4 Å². The van der Waals surface area contributed by atoms with Gasteiger partial charge in [-0.2, -0.15) is 0 Å². The molecule has 3 nitrogen and oxygen atoms in total. The van der Waals surface area contributed by atoms with Gasteiger partial charge in [0.2, 0.25) is 0 Å². The molecule has 0 saturated carbocycles. The molecule has 0 unspecified atom stereocenters. The van der Waals surface area contributed by atoms with Crippen LogP contribution in [-0.4, -0.2) is 55.2 Å². The summed E-state index contributed by atoms with van der Waals surface area (Å²) < 4.78 is 0. The van der Waals surface area contributed by atoms with Crippen LogP contribution in [0.4, 0.5) is 0 Å². The molecule has 3 heteroatoms. The van der Waals surface area contributed by atoms with Crippen molar-refractivity contribution in [3.05, 3.63) is 0 Å². The van der Waals surface area contributed by atoms with Gasteiger partial charge in [0, 0.05) is 26.2 Å². The molecule has 4 fully saturated rings. The van der Waals surface area contributed by atoms with E-state index >= 15 is 0 Å². The molecule has 4 heterocycles. The molecule has 2 bridgehead atoms. The Hall–Kier alpha value is -0.120. The summed E-state index contributed by atoms with van der Waals surface area (Å²) in [5.74, 6) is 1.04. The molecular weight excluding hydrogens is 174 g/mol. The molecule has 1 atom stereocenters. The zero-order chi connectivity index (χ0) is 9.38. The van der Waals surface area contributed by atoms with Crippen molar-refractivity contribution in [1.29, 1.82) is 0 Å². The Bertz CT molecular complexity index is 193. The maximum absolute atomic E-state index is 3.44. The molecule has 0 amide bonds. The molecule has 4 aliphatic heterocycles. The Morgan fingerprint density at radius 2 is 1.50 bits per heavy atom.